The SMILES string of the molecule is CCCNCC(Oc1cccc(C(C)C)c1)C(C)C. The third kappa shape index (κ3) is 5.65. The van der Waals surface area contributed by atoms with Gasteiger partial charge in [0.05, 0.1) is 0 Å². The van der Waals surface area contributed by atoms with Crippen molar-refractivity contribution in [3.05, 3.63) is 29.8 Å². The lowest BCUT2D eigenvalue weighted by Gasteiger charge is -2.23. The molecule has 0 spiro atoms. The van der Waals surface area contributed by atoms with E-state index in [2.05, 4.69) is 64.2 Å². The van der Waals surface area contributed by atoms with Crippen molar-refractivity contribution in [2.75, 3.05) is 13.1 Å². The second-order valence-corrected chi connectivity index (χ2v) is 5.83. The maximum atomic E-state index is 6.15. The van der Waals surface area contributed by atoms with Gasteiger partial charge < -0.3 is 10.1 Å². The predicted octanol–water partition coefficient (Wildman–Crippen LogP) is 4.21. The van der Waals surface area contributed by atoms with E-state index < -0.39 is 0 Å². The van der Waals surface area contributed by atoms with E-state index in [9.17, 15) is 0 Å². The lowest BCUT2D eigenvalue weighted by molar-refractivity contribution is 0.149. The highest BCUT2D eigenvalue weighted by molar-refractivity contribution is 5.30. The van der Waals surface area contributed by atoms with Crippen molar-refractivity contribution in [1.82, 2.24) is 5.32 Å². The Bertz CT molecular complexity index is 360. The van der Waals surface area contributed by atoms with Crippen LogP contribution in [0.3, 0.4) is 0 Å². The van der Waals surface area contributed by atoms with E-state index in [0.29, 0.717) is 11.8 Å². The van der Waals surface area contributed by atoms with Gasteiger partial charge in [0.2, 0.25) is 0 Å². The van der Waals surface area contributed by atoms with Crippen molar-refractivity contribution in [2.45, 2.75) is 53.1 Å². The topological polar surface area (TPSA) is 21.3 Å². The molecule has 0 radical (unpaired) electrons. The van der Waals surface area contributed by atoms with Gasteiger partial charge in [0.1, 0.15) is 11.9 Å². The van der Waals surface area contributed by atoms with Crippen molar-refractivity contribution in [3.8, 4) is 5.75 Å². The molecule has 0 aliphatic carbocycles. The van der Waals surface area contributed by atoms with Gasteiger partial charge in [-0.1, -0.05) is 46.8 Å². The molecule has 0 aliphatic rings. The number of rotatable bonds is 8. The first-order valence-corrected chi connectivity index (χ1v) is 7.52. The Morgan fingerprint density at radius 2 is 1.89 bits per heavy atom. The number of hydrogen-bond donors (Lipinski definition) is 1. The molecule has 1 unspecified atom stereocenters. The molecule has 0 heterocycles. The first kappa shape index (κ1) is 16.0. The summed E-state index contributed by atoms with van der Waals surface area (Å²) < 4.78 is 6.15. The van der Waals surface area contributed by atoms with Crippen LogP contribution in [0.2, 0.25) is 0 Å². The minimum Gasteiger partial charge on any atom is -0.489 e. The molecule has 108 valence electrons. The standard InChI is InChI=1S/C17H29NO/c1-6-10-18-12-17(14(4)5)19-16-9-7-8-15(11-16)13(2)3/h7-9,11,13-14,17-18H,6,10,12H2,1-5H3. The van der Waals surface area contributed by atoms with E-state index in [-0.39, 0.29) is 6.10 Å². The molecule has 2 heteroatoms. The van der Waals surface area contributed by atoms with E-state index in [4.69, 9.17) is 4.74 Å². The number of hydrogen-bond acceptors (Lipinski definition) is 2. The van der Waals surface area contributed by atoms with Crippen molar-refractivity contribution >= 4 is 0 Å². The van der Waals surface area contributed by atoms with Crippen molar-refractivity contribution < 1.29 is 4.74 Å². The average Bonchev–Trinajstić information content (AvgIpc) is 2.38. The molecule has 0 amide bonds. The third-order valence-corrected chi connectivity index (χ3v) is 3.33. The Kier molecular flexibility index (Phi) is 6.93. The summed E-state index contributed by atoms with van der Waals surface area (Å²) >= 11 is 0. The van der Waals surface area contributed by atoms with E-state index in [1.165, 1.54) is 5.56 Å². The van der Waals surface area contributed by atoms with Crippen LogP contribution in [0.5, 0.6) is 5.75 Å². The molecule has 1 N–H and O–H groups in total. The summed E-state index contributed by atoms with van der Waals surface area (Å²) in [5, 5.41) is 3.45. The Morgan fingerprint density at radius 1 is 1.16 bits per heavy atom. The van der Waals surface area contributed by atoms with E-state index >= 15 is 0 Å². The molecule has 0 saturated carbocycles. The van der Waals surface area contributed by atoms with Gasteiger partial charge in [0.15, 0.2) is 0 Å². The molecular weight excluding hydrogens is 234 g/mol. The van der Waals surface area contributed by atoms with Crippen molar-refractivity contribution in [1.29, 1.82) is 0 Å². The maximum Gasteiger partial charge on any atom is 0.120 e. The fraction of sp³-hybridized carbons (Fsp3) is 0.647. The molecule has 1 aromatic carbocycles. The van der Waals surface area contributed by atoms with Gasteiger partial charge in [-0.25, -0.2) is 0 Å². The average molecular weight is 263 g/mol. The van der Waals surface area contributed by atoms with Crippen molar-refractivity contribution in [3.63, 3.8) is 0 Å². The van der Waals surface area contributed by atoms with Crippen LogP contribution in [0.25, 0.3) is 0 Å². The van der Waals surface area contributed by atoms with Crippen LogP contribution in [0.15, 0.2) is 24.3 Å². The smallest absolute Gasteiger partial charge is 0.120 e. The zero-order valence-corrected chi connectivity index (χ0v) is 13.1. The first-order valence-electron chi connectivity index (χ1n) is 7.52. The van der Waals surface area contributed by atoms with Gasteiger partial charge in [0.25, 0.3) is 0 Å². The molecule has 1 rings (SSSR count). The number of ether oxygens (including phenoxy) is 1. The Labute approximate surface area is 118 Å². The van der Waals surface area contributed by atoms with Gasteiger partial charge in [-0.15, -0.1) is 0 Å². The molecule has 1 atom stereocenters. The van der Waals surface area contributed by atoms with E-state index in [0.717, 1.165) is 25.3 Å². The lowest BCUT2D eigenvalue weighted by Crippen LogP contribution is -2.35. The number of benzene rings is 1. The molecular formula is C17H29NO. The molecule has 0 bridgehead atoms. The monoisotopic (exact) mass is 263 g/mol. The summed E-state index contributed by atoms with van der Waals surface area (Å²) in [6, 6.07) is 8.47. The Morgan fingerprint density at radius 3 is 2.47 bits per heavy atom. The summed E-state index contributed by atoms with van der Waals surface area (Å²) in [5.41, 5.74) is 1.33. The summed E-state index contributed by atoms with van der Waals surface area (Å²) in [5.74, 6) is 2.04. The van der Waals surface area contributed by atoms with E-state index in [1.54, 1.807) is 0 Å². The van der Waals surface area contributed by atoms with Crippen LogP contribution in [0.1, 0.15) is 52.5 Å². The van der Waals surface area contributed by atoms with Crippen LogP contribution in [0.4, 0.5) is 0 Å². The van der Waals surface area contributed by atoms with Gasteiger partial charge in [-0.05, 0) is 42.5 Å². The van der Waals surface area contributed by atoms with Gasteiger partial charge in [-0.2, -0.15) is 0 Å². The first-order chi connectivity index (χ1) is 9.04. The Balaban J connectivity index is 2.65. The molecule has 1 aromatic rings. The van der Waals surface area contributed by atoms with Crippen LogP contribution in [-0.2, 0) is 0 Å². The minimum absolute atomic E-state index is 0.231. The van der Waals surface area contributed by atoms with Crippen molar-refractivity contribution in [2.24, 2.45) is 5.92 Å². The van der Waals surface area contributed by atoms with Crippen LogP contribution in [0, 0.1) is 5.92 Å². The normalized spacial score (nSPS) is 13.0. The zero-order chi connectivity index (χ0) is 14.3. The highest BCUT2D eigenvalue weighted by Gasteiger charge is 2.15. The summed E-state index contributed by atoms with van der Waals surface area (Å²) in [6.07, 6.45) is 1.39. The largest absolute Gasteiger partial charge is 0.489 e. The highest BCUT2D eigenvalue weighted by atomic mass is 16.5. The maximum absolute atomic E-state index is 6.15. The summed E-state index contributed by atoms with van der Waals surface area (Å²) in [6.45, 7) is 13.0. The number of nitrogens with one attached hydrogen (secondary N) is 1. The fourth-order valence-corrected chi connectivity index (χ4v) is 1.96. The summed E-state index contributed by atoms with van der Waals surface area (Å²) in [7, 11) is 0. The van der Waals surface area contributed by atoms with Crippen LogP contribution in [-0.4, -0.2) is 19.2 Å². The Hall–Kier alpha value is -1.02. The second kappa shape index (κ2) is 8.21. The van der Waals surface area contributed by atoms with Gasteiger partial charge in [0, 0.05) is 6.54 Å². The molecule has 19 heavy (non-hydrogen) atoms. The summed E-state index contributed by atoms with van der Waals surface area (Å²) in [4.78, 5) is 0. The lowest BCUT2D eigenvalue weighted by atomic mass is 10.0. The molecule has 0 aromatic heterocycles. The predicted molar refractivity (Wildman–Crippen MR) is 82.9 cm³/mol. The molecule has 2 nitrogen and oxygen atoms in total. The van der Waals surface area contributed by atoms with Crippen LogP contribution < -0.4 is 10.1 Å². The minimum atomic E-state index is 0.231. The molecule has 0 saturated heterocycles. The van der Waals surface area contributed by atoms with E-state index in [1.807, 2.05) is 0 Å². The third-order valence-electron chi connectivity index (χ3n) is 3.33. The van der Waals surface area contributed by atoms with Gasteiger partial charge >= 0.3 is 0 Å². The molecule has 0 aliphatic heterocycles. The van der Waals surface area contributed by atoms with Gasteiger partial charge in [-0.3, -0.25) is 0 Å². The quantitative estimate of drug-likeness (QED) is 0.709. The zero-order valence-electron chi connectivity index (χ0n) is 13.1. The van der Waals surface area contributed by atoms with Crippen LogP contribution >= 0.6 is 0 Å². The molecule has 0 fully saturated rings. The highest BCUT2D eigenvalue weighted by Crippen LogP contribution is 2.22. The fourth-order valence-electron chi connectivity index (χ4n) is 1.96. The second-order valence-electron chi connectivity index (χ2n) is 5.83.